The smallest absolute Gasteiger partial charge is 0.312 e. The van der Waals surface area contributed by atoms with Crippen LogP contribution in [0.25, 0.3) is 11.1 Å². The number of benzene rings is 2. The summed E-state index contributed by atoms with van der Waals surface area (Å²) >= 11 is 5.79. The zero-order valence-electron chi connectivity index (χ0n) is 12.9. The summed E-state index contributed by atoms with van der Waals surface area (Å²) in [6, 6.07) is 12.7. The maximum absolute atomic E-state index is 12.6. The Bertz CT molecular complexity index is 812. The van der Waals surface area contributed by atoms with Crippen molar-refractivity contribution in [3.63, 3.8) is 0 Å². The van der Waals surface area contributed by atoms with Gasteiger partial charge in [-0.25, -0.2) is 0 Å². The van der Waals surface area contributed by atoms with E-state index in [9.17, 15) is 13.2 Å². The van der Waals surface area contributed by atoms with Crippen LogP contribution in [0.3, 0.4) is 0 Å². The van der Waals surface area contributed by atoms with Gasteiger partial charge in [0.2, 0.25) is 0 Å². The molecule has 1 heterocycles. The molecule has 3 nitrogen and oxygen atoms in total. The summed E-state index contributed by atoms with van der Waals surface area (Å²) in [7, 11) is 0. The van der Waals surface area contributed by atoms with E-state index < -0.39 is 11.7 Å². The van der Waals surface area contributed by atoms with Crippen LogP contribution in [0.15, 0.2) is 54.9 Å². The fourth-order valence-electron chi connectivity index (χ4n) is 2.37. The molecule has 2 aromatic carbocycles. The first-order valence-electron chi connectivity index (χ1n) is 7.16. The van der Waals surface area contributed by atoms with E-state index in [1.807, 2.05) is 28.8 Å². The van der Waals surface area contributed by atoms with Crippen molar-refractivity contribution in [2.24, 2.45) is 0 Å². The quantitative estimate of drug-likeness (QED) is 0.577. The zero-order valence-corrected chi connectivity index (χ0v) is 14.4. The molecule has 0 saturated carbocycles. The summed E-state index contributed by atoms with van der Waals surface area (Å²) in [6.45, 7) is 0.586. The number of nitrogens with zero attached hydrogens (tertiary/aromatic N) is 3. The normalized spacial score (nSPS) is 11.2. The Morgan fingerprint density at radius 1 is 0.920 bits per heavy atom. The Morgan fingerprint density at radius 3 is 2.00 bits per heavy atom. The Morgan fingerprint density at radius 2 is 1.48 bits per heavy atom. The van der Waals surface area contributed by atoms with Crippen LogP contribution in [0.2, 0.25) is 0 Å². The molecule has 0 aliphatic rings. The van der Waals surface area contributed by atoms with Crippen molar-refractivity contribution in [3.8, 4) is 11.1 Å². The Labute approximate surface area is 153 Å². The van der Waals surface area contributed by atoms with Crippen LogP contribution in [-0.4, -0.2) is 14.8 Å². The Balaban J connectivity index is 0.00000225. The van der Waals surface area contributed by atoms with Gasteiger partial charge in [0, 0.05) is 0 Å². The third-order valence-electron chi connectivity index (χ3n) is 3.67. The van der Waals surface area contributed by atoms with Gasteiger partial charge in [0.1, 0.15) is 12.2 Å². The molecule has 0 N–H and O–H groups in total. The molecule has 8 heteroatoms. The number of halogens is 5. The number of rotatable bonds is 4. The van der Waals surface area contributed by atoms with E-state index in [1.165, 1.54) is 12.1 Å². The molecule has 0 radical (unpaired) electrons. The van der Waals surface area contributed by atoms with Crippen molar-refractivity contribution in [2.75, 3.05) is 0 Å². The first kappa shape index (κ1) is 19.3. The van der Waals surface area contributed by atoms with Gasteiger partial charge in [-0.15, -0.1) is 34.2 Å². The lowest BCUT2D eigenvalue weighted by Crippen LogP contribution is -2.04. The molecule has 1 aromatic heterocycles. The monoisotopic (exact) mass is 387 g/mol. The van der Waals surface area contributed by atoms with Crippen molar-refractivity contribution in [3.05, 3.63) is 71.8 Å². The van der Waals surface area contributed by atoms with Crippen LogP contribution in [0, 0.1) is 0 Å². The third kappa shape index (κ3) is 4.52. The summed E-state index contributed by atoms with van der Waals surface area (Å²) in [5.74, 6) is 0.965. The van der Waals surface area contributed by atoms with E-state index in [-0.39, 0.29) is 18.3 Å². The third-order valence-corrected chi connectivity index (χ3v) is 3.91. The highest BCUT2D eigenvalue weighted by atomic mass is 35.5. The van der Waals surface area contributed by atoms with Gasteiger partial charge in [0.15, 0.2) is 0 Å². The summed E-state index contributed by atoms with van der Waals surface area (Å²) in [4.78, 5) is 0. The van der Waals surface area contributed by atoms with E-state index in [2.05, 4.69) is 10.2 Å². The highest BCUT2D eigenvalue weighted by Crippen LogP contribution is 2.31. The minimum Gasteiger partial charge on any atom is -0.312 e. The predicted molar refractivity (Wildman–Crippen MR) is 92.8 cm³/mol. The topological polar surface area (TPSA) is 30.7 Å². The first-order chi connectivity index (χ1) is 11.5. The molecule has 0 aliphatic heterocycles. The molecule has 0 amide bonds. The van der Waals surface area contributed by atoms with Gasteiger partial charge in [-0.2, -0.15) is 13.2 Å². The maximum Gasteiger partial charge on any atom is 0.416 e. The molecular weight excluding hydrogens is 374 g/mol. The summed E-state index contributed by atoms with van der Waals surface area (Å²) in [6.07, 6.45) is -2.71. The molecule has 0 fully saturated rings. The zero-order chi connectivity index (χ0) is 17.2. The lowest BCUT2D eigenvalue weighted by Gasteiger charge is -2.09. The van der Waals surface area contributed by atoms with Crippen molar-refractivity contribution in [1.29, 1.82) is 0 Å². The van der Waals surface area contributed by atoms with E-state index in [4.69, 9.17) is 11.6 Å². The van der Waals surface area contributed by atoms with Crippen LogP contribution in [-0.2, 0) is 18.6 Å². The molecule has 0 saturated heterocycles. The molecule has 0 atom stereocenters. The van der Waals surface area contributed by atoms with E-state index in [0.717, 1.165) is 28.8 Å². The second kappa shape index (κ2) is 7.89. The highest BCUT2D eigenvalue weighted by molar-refractivity contribution is 6.16. The summed E-state index contributed by atoms with van der Waals surface area (Å²) in [5, 5.41) is 7.73. The number of hydrogen-bond acceptors (Lipinski definition) is 2. The number of aromatic nitrogens is 3. The molecule has 0 bridgehead atoms. The van der Waals surface area contributed by atoms with Gasteiger partial charge in [0.25, 0.3) is 0 Å². The Hall–Kier alpha value is -2.05. The van der Waals surface area contributed by atoms with Crippen LogP contribution >= 0.6 is 24.0 Å². The second-order valence-electron chi connectivity index (χ2n) is 5.28. The van der Waals surface area contributed by atoms with Crippen molar-refractivity contribution in [1.82, 2.24) is 14.8 Å². The maximum atomic E-state index is 12.6. The average Bonchev–Trinajstić information content (AvgIpc) is 3.02. The molecule has 3 rings (SSSR count). The van der Waals surface area contributed by atoms with Crippen LogP contribution < -0.4 is 0 Å². The average molecular weight is 388 g/mol. The van der Waals surface area contributed by atoms with Crippen LogP contribution in [0.1, 0.15) is 17.0 Å². The van der Waals surface area contributed by atoms with E-state index in [0.29, 0.717) is 12.4 Å². The lowest BCUT2D eigenvalue weighted by molar-refractivity contribution is -0.137. The van der Waals surface area contributed by atoms with Crippen molar-refractivity contribution >= 4 is 24.0 Å². The summed E-state index contributed by atoms with van der Waals surface area (Å²) in [5.41, 5.74) is 1.97. The highest BCUT2D eigenvalue weighted by Gasteiger charge is 2.29. The number of alkyl halides is 4. The molecular formula is C17H14Cl2F3N3. The Kier molecular flexibility index (Phi) is 6.08. The molecule has 25 heavy (non-hydrogen) atoms. The van der Waals surface area contributed by atoms with Gasteiger partial charge in [-0.3, -0.25) is 0 Å². The largest absolute Gasteiger partial charge is 0.416 e. The summed E-state index contributed by atoms with van der Waals surface area (Å²) < 4.78 is 39.6. The molecule has 0 unspecified atom stereocenters. The van der Waals surface area contributed by atoms with Gasteiger partial charge in [-0.05, 0) is 28.8 Å². The SMILES string of the molecule is Cl.FC(F)(F)c1ccc(-c2ccc(Cn3cnnc3CCl)cc2)cc1. The van der Waals surface area contributed by atoms with Crippen molar-refractivity contribution < 1.29 is 13.2 Å². The standard InChI is InChI=1S/C17H13ClF3N3.ClH/c18-9-16-23-22-11-24(16)10-12-1-3-13(4-2-12)14-5-7-15(8-6-14)17(19,20)21;/h1-8,11H,9-10H2;1H. The molecule has 132 valence electrons. The van der Waals surface area contributed by atoms with Gasteiger partial charge in [0.05, 0.1) is 18.0 Å². The minimum absolute atomic E-state index is 0. The predicted octanol–water partition coefficient (Wildman–Crippen LogP) is 5.17. The molecule has 0 aliphatic carbocycles. The fraction of sp³-hybridized carbons (Fsp3) is 0.176. The molecule has 3 aromatic rings. The lowest BCUT2D eigenvalue weighted by atomic mass is 10.0. The van der Waals surface area contributed by atoms with E-state index in [1.54, 1.807) is 6.33 Å². The van der Waals surface area contributed by atoms with Crippen LogP contribution in [0.5, 0.6) is 0 Å². The van der Waals surface area contributed by atoms with E-state index >= 15 is 0 Å². The number of hydrogen-bond donors (Lipinski definition) is 0. The van der Waals surface area contributed by atoms with Crippen molar-refractivity contribution in [2.45, 2.75) is 18.6 Å². The van der Waals surface area contributed by atoms with Gasteiger partial charge in [-0.1, -0.05) is 36.4 Å². The van der Waals surface area contributed by atoms with Gasteiger partial charge >= 0.3 is 6.18 Å². The fourth-order valence-corrected chi connectivity index (χ4v) is 2.57. The first-order valence-corrected chi connectivity index (χ1v) is 7.70. The minimum atomic E-state index is -4.32. The molecule has 0 spiro atoms. The second-order valence-corrected chi connectivity index (χ2v) is 5.55. The van der Waals surface area contributed by atoms with Crippen LogP contribution in [0.4, 0.5) is 13.2 Å². The van der Waals surface area contributed by atoms with Gasteiger partial charge < -0.3 is 4.57 Å².